The van der Waals surface area contributed by atoms with E-state index < -0.39 is 0 Å². The molecule has 0 fully saturated rings. The molecule has 100 valence electrons. The van der Waals surface area contributed by atoms with Crippen molar-refractivity contribution in [1.82, 2.24) is 5.32 Å². The van der Waals surface area contributed by atoms with Crippen molar-refractivity contribution in [3.8, 4) is 0 Å². The lowest BCUT2D eigenvalue weighted by molar-refractivity contribution is -0.120. The third-order valence-corrected chi connectivity index (χ3v) is 2.90. The van der Waals surface area contributed by atoms with Crippen molar-refractivity contribution >= 4 is 27.5 Å². The van der Waals surface area contributed by atoms with E-state index in [4.69, 9.17) is 0 Å². The predicted molar refractivity (Wildman–Crippen MR) is 79.9 cm³/mol. The fourth-order valence-corrected chi connectivity index (χ4v) is 2.07. The van der Waals surface area contributed by atoms with E-state index in [1.807, 2.05) is 32.9 Å². The SMILES string of the molecule is CCc1cc(Br)ccc1NCC(=O)NC(C)(C)C. The van der Waals surface area contributed by atoms with E-state index >= 15 is 0 Å². The lowest BCUT2D eigenvalue weighted by atomic mass is 10.1. The molecule has 0 spiro atoms. The average molecular weight is 313 g/mol. The van der Waals surface area contributed by atoms with Crippen LogP contribution >= 0.6 is 15.9 Å². The number of hydrogen-bond acceptors (Lipinski definition) is 2. The van der Waals surface area contributed by atoms with Crippen LogP contribution in [0.2, 0.25) is 0 Å². The van der Waals surface area contributed by atoms with Gasteiger partial charge in [-0.25, -0.2) is 0 Å². The van der Waals surface area contributed by atoms with Crippen LogP contribution in [-0.2, 0) is 11.2 Å². The first kappa shape index (κ1) is 15.0. The Balaban J connectivity index is 2.61. The molecule has 1 rings (SSSR count). The van der Waals surface area contributed by atoms with E-state index in [0.717, 1.165) is 16.6 Å². The first-order valence-electron chi connectivity index (χ1n) is 6.15. The standard InChI is InChI=1S/C14H21BrN2O/c1-5-10-8-11(15)6-7-12(10)16-9-13(18)17-14(2,3)4/h6-8,16H,5,9H2,1-4H3,(H,17,18). The van der Waals surface area contributed by atoms with Crippen LogP contribution in [0.3, 0.4) is 0 Å². The smallest absolute Gasteiger partial charge is 0.239 e. The van der Waals surface area contributed by atoms with Gasteiger partial charge < -0.3 is 10.6 Å². The maximum Gasteiger partial charge on any atom is 0.239 e. The van der Waals surface area contributed by atoms with E-state index in [0.29, 0.717) is 6.54 Å². The van der Waals surface area contributed by atoms with Crippen LogP contribution in [0.5, 0.6) is 0 Å². The lowest BCUT2D eigenvalue weighted by Gasteiger charge is -2.21. The number of nitrogens with one attached hydrogen (secondary N) is 2. The molecule has 0 aromatic heterocycles. The maximum atomic E-state index is 11.7. The van der Waals surface area contributed by atoms with Gasteiger partial charge in [0, 0.05) is 15.7 Å². The van der Waals surface area contributed by atoms with Gasteiger partial charge in [-0.05, 0) is 51.0 Å². The molecule has 3 nitrogen and oxygen atoms in total. The summed E-state index contributed by atoms with van der Waals surface area (Å²) in [5.74, 6) is 0.00692. The molecule has 0 aliphatic rings. The second-order valence-electron chi connectivity index (χ2n) is 5.31. The van der Waals surface area contributed by atoms with Crippen LogP contribution in [0.4, 0.5) is 5.69 Å². The second kappa shape index (κ2) is 6.23. The number of anilines is 1. The first-order chi connectivity index (χ1) is 8.31. The van der Waals surface area contributed by atoms with Crippen LogP contribution in [-0.4, -0.2) is 18.0 Å². The van der Waals surface area contributed by atoms with Gasteiger partial charge >= 0.3 is 0 Å². The number of benzene rings is 1. The van der Waals surface area contributed by atoms with Gasteiger partial charge in [0.25, 0.3) is 0 Å². The van der Waals surface area contributed by atoms with Gasteiger partial charge in [0.05, 0.1) is 6.54 Å². The quantitative estimate of drug-likeness (QED) is 0.895. The van der Waals surface area contributed by atoms with Gasteiger partial charge in [-0.3, -0.25) is 4.79 Å². The summed E-state index contributed by atoms with van der Waals surface area (Å²) in [7, 11) is 0. The van der Waals surface area contributed by atoms with Gasteiger partial charge in [-0.2, -0.15) is 0 Å². The molecule has 18 heavy (non-hydrogen) atoms. The molecule has 0 unspecified atom stereocenters. The molecule has 0 radical (unpaired) electrons. The zero-order valence-corrected chi connectivity index (χ0v) is 13.0. The highest BCUT2D eigenvalue weighted by Gasteiger charge is 2.13. The summed E-state index contributed by atoms with van der Waals surface area (Å²) in [4.78, 5) is 11.7. The predicted octanol–water partition coefficient (Wildman–Crippen LogP) is 3.34. The summed E-state index contributed by atoms with van der Waals surface area (Å²) in [6.07, 6.45) is 0.933. The topological polar surface area (TPSA) is 41.1 Å². The molecule has 0 bridgehead atoms. The van der Waals surface area contributed by atoms with E-state index in [9.17, 15) is 4.79 Å². The van der Waals surface area contributed by atoms with Crippen molar-refractivity contribution in [3.05, 3.63) is 28.2 Å². The Kier molecular flexibility index (Phi) is 5.20. The molecule has 0 aliphatic heterocycles. The number of carbonyl (C=O) groups is 1. The number of amides is 1. The maximum absolute atomic E-state index is 11.7. The Morgan fingerprint density at radius 2 is 2.00 bits per heavy atom. The molecule has 0 saturated heterocycles. The Morgan fingerprint density at radius 1 is 1.33 bits per heavy atom. The zero-order valence-electron chi connectivity index (χ0n) is 11.4. The van der Waals surface area contributed by atoms with Crippen LogP contribution in [0, 0.1) is 0 Å². The molecular formula is C14H21BrN2O. The molecule has 1 amide bonds. The molecule has 0 heterocycles. The van der Waals surface area contributed by atoms with E-state index in [-0.39, 0.29) is 11.4 Å². The van der Waals surface area contributed by atoms with Crippen LogP contribution < -0.4 is 10.6 Å². The van der Waals surface area contributed by atoms with Gasteiger partial charge in [0.2, 0.25) is 5.91 Å². The monoisotopic (exact) mass is 312 g/mol. The summed E-state index contributed by atoms with van der Waals surface area (Å²) in [6, 6.07) is 6.04. The van der Waals surface area contributed by atoms with E-state index in [1.165, 1.54) is 5.56 Å². The summed E-state index contributed by atoms with van der Waals surface area (Å²) in [6.45, 7) is 8.32. The van der Waals surface area contributed by atoms with Gasteiger partial charge in [0.1, 0.15) is 0 Å². The Labute approximate surface area is 117 Å². The minimum atomic E-state index is -0.188. The van der Waals surface area contributed by atoms with Crippen LogP contribution in [0.1, 0.15) is 33.3 Å². The number of rotatable bonds is 4. The van der Waals surface area contributed by atoms with E-state index in [1.54, 1.807) is 0 Å². The Hall–Kier alpha value is -1.03. The normalized spacial score (nSPS) is 11.2. The average Bonchev–Trinajstić information content (AvgIpc) is 2.24. The lowest BCUT2D eigenvalue weighted by Crippen LogP contribution is -2.43. The fourth-order valence-electron chi connectivity index (χ4n) is 1.67. The highest BCUT2D eigenvalue weighted by atomic mass is 79.9. The first-order valence-corrected chi connectivity index (χ1v) is 6.94. The third kappa shape index (κ3) is 5.08. The summed E-state index contributed by atoms with van der Waals surface area (Å²) >= 11 is 3.45. The molecule has 1 aromatic rings. The molecule has 0 aliphatic carbocycles. The van der Waals surface area contributed by atoms with Crippen molar-refractivity contribution in [2.45, 2.75) is 39.7 Å². The highest BCUT2D eigenvalue weighted by molar-refractivity contribution is 9.10. The van der Waals surface area contributed by atoms with Crippen molar-refractivity contribution < 1.29 is 4.79 Å². The van der Waals surface area contributed by atoms with Crippen LogP contribution in [0.25, 0.3) is 0 Å². The van der Waals surface area contributed by atoms with Gasteiger partial charge in [-0.1, -0.05) is 22.9 Å². The van der Waals surface area contributed by atoms with Crippen molar-refractivity contribution in [3.63, 3.8) is 0 Å². The molecule has 0 atom stereocenters. The summed E-state index contributed by atoms with van der Waals surface area (Å²) in [5, 5.41) is 6.11. The van der Waals surface area contributed by atoms with E-state index in [2.05, 4.69) is 39.6 Å². The second-order valence-corrected chi connectivity index (χ2v) is 6.22. The Morgan fingerprint density at radius 3 is 2.56 bits per heavy atom. The third-order valence-electron chi connectivity index (χ3n) is 2.40. The minimum Gasteiger partial charge on any atom is -0.376 e. The molecule has 4 heteroatoms. The summed E-state index contributed by atoms with van der Waals surface area (Å²) in [5.41, 5.74) is 2.03. The molecule has 1 aromatic carbocycles. The van der Waals surface area contributed by atoms with Crippen molar-refractivity contribution in [2.24, 2.45) is 0 Å². The van der Waals surface area contributed by atoms with Gasteiger partial charge in [-0.15, -0.1) is 0 Å². The summed E-state index contributed by atoms with van der Waals surface area (Å²) < 4.78 is 1.06. The van der Waals surface area contributed by atoms with Crippen molar-refractivity contribution in [2.75, 3.05) is 11.9 Å². The highest BCUT2D eigenvalue weighted by Crippen LogP contribution is 2.21. The molecule has 2 N–H and O–H groups in total. The minimum absolute atomic E-state index is 0.00692. The number of halogens is 1. The molecular weight excluding hydrogens is 292 g/mol. The van der Waals surface area contributed by atoms with Gasteiger partial charge in [0.15, 0.2) is 0 Å². The molecule has 0 saturated carbocycles. The number of carbonyl (C=O) groups excluding carboxylic acids is 1. The number of hydrogen-bond donors (Lipinski definition) is 2. The zero-order chi connectivity index (χ0) is 13.8. The number of aryl methyl sites for hydroxylation is 1. The largest absolute Gasteiger partial charge is 0.376 e. The van der Waals surface area contributed by atoms with Crippen molar-refractivity contribution in [1.29, 1.82) is 0 Å². The Bertz CT molecular complexity index is 424. The van der Waals surface area contributed by atoms with Crippen LogP contribution in [0.15, 0.2) is 22.7 Å². The fraction of sp³-hybridized carbons (Fsp3) is 0.500.